The number of carbonyl (C=O) groups excluding carboxylic acids is 2. The minimum atomic E-state index is -1.06. The van der Waals surface area contributed by atoms with Crippen LogP contribution in [0.15, 0.2) is 0 Å². The van der Waals surface area contributed by atoms with Crippen LogP contribution in [0, 0.1) is 16.7 Å². The van der Waals surface area contributed by atoms with Gasteiger partial charge in [-0.3, -0.25) is 4.79 Å². The minimum absolute atomic E-state index is 0.00285. The first-order chi connectivity index (χ1) is 7.70. The lowest BCUT2D eigenvalue weighted by molar-refractivity contribution is -0.322. The fourth-order valence-corrected chi connectivity index (χ4v) is 3.71. The topological polar surface area (TPSA) is 60.4 Å². The number of rotatable bonds is 3. The lowest BCUT2D eigenvalue weighted by Crippen LogP contribution is -2.52. The van der Waals surface area contributed by atoms with Gasteiger partial charge in [-0.25, -0.2) is 0 Å². The van der Waals surface area contributed by atoms with Gasteiger partial charge < -0.3 is 14.8 Å². The standard InChI is InChI=1S/C12H20BrNO3/c1-11(10(16)17)6-5-8(9(15)14(3)4)12(11,2)7-13/h8H,5-7H2,1-4H3,(H,16,17)/p-1/t8-,11-,12-/m1/s1. The molecular weight excluding hydrogens is 286 g/mol. The highest BCUT2D eigenvalue weighted by atomic mass is 79.9. The lowest BCUT2D eigenvalue weighted by Gasteiger charge is -2.44. The first-order valence-electron chi connectivity index (χ1n) is 5.69. The number of nitrogens with zero attached hydrogens (tertiary/aromatic N) is 1. The molecule has 3 atom stereocenters. The van der Waals surface area contributed by atoms with Crippen LogP contribution in [0.5, 0.6) is 0 Å². The van der Waals surface area contributed by atoms with Gasteiger partial charge in [0.05, 0.1) is 0 Å². The largest absolute Gasteiger partial charge is 0.550 e. The quantitative estimate of drug-likeness (QED) is 0.719. The lowest BCUT2D eigenvalue weighted by atomic mass is 9.65. The van der Waals surface area contributed by atoms with Crippen molar-refractivity contribution < 1.29 is 14.7 Å². The van der Waals surface area contributed by atoms with Crippen LogP contribution >= 0.6 is 15.9 Å². The van der Waals surface area contributed by atoms with Crippen molar-refractivity contribution >= 4 is 27.8 Å². The van der Waals surface area contributed by atoms with E-state index in [-0.39, 0.29) is 11.8 Å². The van der Waals surface area contributed by atoms with Gasteiger partial charge in [-0.2, -0.15) is 0 Å². The van der Waals surface area contributed by atoms with Gasteiger partial charge in [0.1, 0.15) is 0 Å². The van der Waals surface area contributed by atoms with Gasteiger partial charge in [-0.05, 0) is 18.3 Å². The number of halogens is 1. The van der Waals surface area contributed by atoms with Crippen LogP contribution in [0.25, 0.3) is 0 Å². The molecule has 0 aliphatic heterocycles. The minimum Gasteiger partial charge on any atom is -0.550 e. The number of alkyl halides is 1. The Morgan fingerprint density at radius 1 is 1.41 bits per heavy atom. The molecule has 1 aliphatic rings. The predicted molar refractivity (Wildman–Crippen MR) is 66.4 cm³/mol. The van der Waals surface area contributed by atoms with E-state index in [1.54, 1.807) is 21.0 Å². The maximum atomic E-state index is 12.1. The first-order valence-corrected chi connectivity index (χ1v) is 6.81. The Bertz CT molecular complexity index is 345. The van der Waals surface area contributed by atoms with E-state index in [2.05, 4.69) is 15.9 Å². The van der Waals surface area contributed by atoms with Crippen molar-refractivity contribution in [1.29, 1.82) is 0 Å². The molecule has 0 radical (unpaired) electrons. The van der Waals surface area contributed by atoms with Crippen molar-refractivity contribution in [2.75, 3.05) is 19.4 Å². The number of aliphatic carboxylic acids is 1. The average molecular weight is 305 g/mol. The first kappa shape index (κ1) is 14.5. The molecule has 0 N–H and O–H groups in total. The van der Waals surface area contributed by atoms with E-state index in [0.29, 0.717) is 18.2 Å². The van der Waals surface area contributed by atoms with E-state index in [9.17, 15) is 14.7 Å². The van der Waals surface area contributed by atoms with E-state index in [1.807, 2.05) is 6.92 Å². The molecule has 0 spiro atoms. The van der Waals surface area contributed by atoms with Gasteiger partial charge in [0.15, 0.2) is 0 Å². The highest BCUT2D eigenvalue weighted by molar-refractivity contribution is 9.09. The molecule has 98 valence electrons. The van der Waals surface area contributed by atoms with Crippen LogP contribution < -0.4 is 5.11 Å². The van der Waals surface area contributed by atoms with Crippen molar-refractivity contribution in [1.82, 2.24) is 4.90 Å². The molecule has 5 heteroatoms. The Morgan fingerprint density at radius 3 is 2.29 bits per heavy atom. The molecule has 1 amide bonds. The second kappa shape index (κ2) is 4.59. The van der Waals surface area contributed by atoms with E-state index >= 15 is 0 Å². The third kappa shape index (κ3) is 1.98. The fraction of sp³-hybridized carbons (Fsp3) is 0.833. The molecule has 0 saturated heterocycles. The van der Waals surface area contributed by atoms with Crippen LogP contribution in [-0.4, -0.2) is 36.2 Å². The summed E-state index contributed by atoms with van der Waals surface area (Å²) in [4.78, 5) is 25.0. The molecule has 0 aromatic heterocycles. The maximum Gasteiger partial charge on any atom is 0.225 e. The maximum absolute atomic E-state index is 12.1. The number of carboxylic acid groups (broad SMARTS) is 1. The zero-order valence-electron chi connectivity index (χ0n) is 10.7. The highest BCUT2D eigenvalue weighted by Crippen LogP contribution is 2.57. The number of hydrogen-bond donors (Lipinski definition) is 0. The molecule has 1 rings (SSSR count). The van der Waals surface area contributed by atoms with Crippen LogP contribution in [0.3, 0.4) is 0 Å². The third-order valence-corrected chi connectivity index (χ3v) is 5.59. The fourth-order valence-electron chi connectivity index (χ4n) is 2.71. The SMILES string of the molecule is CN(C)C(=O)[C@H]1CC[C@](C)(C(=O)[O-])[C@]1(C)CBr. The molecule has 4 nitrogen and oxygen atoms in total. The summed E-state index contributed by atoms with van der Waals surface area (Å²) in [6.07, 6.45) is 1.09. The molecule has 0 aromatic carbocycles. The predicted octanol–water partition coefficient (Wildman–Crippen LogP) is 0.642. The zero-order valence-corrected chi connectivity index (χ0v) is 12.3. The van der Waals surface area contributed by atoms with Crippen LogP contribution in [0.2, 0.25) is 0 Å². The summed E-state index contributed by atoms with van der Waals surface area (Å²) >= 11 is 3.37. The number of carboxylic acids is 1. The van der Waals surface area contributed by atoms with Gasteiger partial charge in [0.2, 0.25) is 5.91 Å². The van der Waals surface area contributed by atoms with Gasteiger partial charge in [-0.1, -0.05) is 29.8 Å². The Labute approximate surface area is 110 Å². The second-order valence-electron chi connectivity index (χ2n) is 5.49. The molecule has 1 fully saturated rings. The summed E-state index contributed by atoms with van der Waals surface area (Å²) in [6, 6.07) is 0. The average Bonchev–Trinajstić information content (AvgIpc) is 2.53. The molecule has 0 aromatic rings. The van der Waals surface area contributed by atoms with Crippen molar-refractivity contribution in [3.8, 4) is 0 Å². The summed E-state index contributed by atoms with van der Waals surface area (Å²) in [7, 11) is 3.40. The van der Waals surface area contributed by atoms with Gasteiger partial charge in [0.25, 0.3) is 0 Å². The summed E-state index contributed by atoms with van der Waals surface area (Å²) in [6.45, 7) is 3.54. The monoisotopic (exact) mass is 304 g/mol. The summed E-state index contributed by atoms with van der Waals surface area (Å²) < 4.78 is 0. The second-order valence-corrected chi connectivity index (χ2v) is 6.06. The van der Waals surface area contributed by atoms with E-state index in [0.717, 1.165) is 0 Å². The van der Waals surface area contributed by atoms with Crippen molar-refractivity contribution in [2.45, 2.75) is 26.7 Å². The summed E-state index contributed by atoms with van der Waals surface area (Å²) in [5.41, 5.74) is -1.56. The number of amides is 1. The Balaban J connectivity index is 3.15. The van der Waals surface area contributed by atoms with Crippen LogP contribution in [0.4, 0.5) is 0 Å². The van der Waals surface area contributed by atoms with Crippen molar-refractivity contribution in [3.63, 3.8) is 0 Å². The van der Waals surface area contributed by atoms with Gasteiger partial charge in [-0.15, -0.1) is 0 Å². The van der Waals surface area contributed by atoms with Crippen LogP contribution in [-0.2, 0) is 9.59 Å². The van der Waals surface area contributed by atoms with E-state index < -0.39 is 16.8 Å². The zero-order chi connectivity index (χ0) is 13.4. The van der Waals surface area contributed by atoms with Crippen molar-refractivity contribution in [3.05, 3.63) is 0 Å². The Morgan fingerprint density at radius 2 is 1.94 bits per heavy atom. The Kier molecular flexibility index (Phi) is 3.91. The number of hydrogen-bond acceptors (Lipinski definition) is 3. The number of carbonyl (C=O) groups is 2. The van der Waals surface area contributed by atoms with Gasteiger partial charge in [0, 0.05) is 36.7 Å². The van der Waals surface area contributed by atoms with Crippen LogP contribution in [0.1, 0.15) is 26.7 Å². The molecule has 17 heavy (non-hydrogen) atoms. The summed E-state index contributed by atoms with van der Waals surface area (Å²) in [5, 5.41) is 11.9. The van der Waals surface area contributed by atoms with E-state index in [1.165, 1.54) is 4.90 Å². The molecule has 0 bridgehead atoms. The smallest absolute Gasteiger partial charge is 0.225 e. The van der Waals surface area contributed by atoms with E-state index in [4.69, 9.17) is 0 Å². The summed E-state index contributed by atoms with van der Waals surface area (Å²) in [5.74, 6) is -1.33. The molecular formula is C12H19BrNO3-. The third-order valence-electron chi connectivity index (χ3n) is 4.43. The molecule has 0 unspecified atom stereocenters. The highest BCUT2D eigenvalue weighted by Gasteiger charge is 2.57. The van der Waals surface area contributed by atoms with Gasteiger partial charge >= 0.3 is 0 Å². The van der Waals surface area contributed by atoms with Crippen molar-refractivity contribution in [2.24, 2.45) is 16.7 Å². The normalized spacial score (nSPS) is 36.9. The molecule has 0 heterocycles. The molecule has 1 saturated carbocycles. The molecule has 1 aliphatic carbocycles. The Hall–Kier alpha value is -0.580.